The van der Waals surface area contributed by atoms with Crippen molar-refractivity contribution < 1.29 is 14.6 Å². The van der Waals surface area contributed by atoms with Crippen molar-refractivity contribution in [2.75, 3.05) is 39.2 Å². The number of benzene rings is 1. The molecule has 8 heteroatoms. The molecule has 0 fully saturated rings. The van der Waals surface area contributed by atoms with Crippen LogP contribution in [0.1, 0.15) is 0 Å². The minimum Gasteiger partial charge on any atom is -0.389 e. The zero-order valence-corrected chi connectivity index (χ0v) is 18.2. The fourth-order valence-corrected chi connectivity index (χ4v) is 5.61. The first-order valence-corrected chi connectivity index (χ1v) is 9.37. The molecule has 2 N–H and O–H groups in total. The molecule has 0 aliphatic carbocycles. The largest absolute Gasteiger partial charge is 0.389 e. The quantitative estimate of drug-likeness (QED) is 0.455. The van der Waals surface area contributed by atoms with Gasteiger partial charge < -0.3 is 15.2 Å². The third kappa shape index (κ3) is 7.24. The maximum Gasteiger partial charge on any atom is 0.238 e. The van der Waals surface area contributed by atoms with Gasteiger partial charge in [-0.05, 0) is 87.0 Å². The number of nitrogens with zero attached hydrogens (tertiary/aromatic N) is 1. The zero-order chi connectivity index (χ0) is 16.0. The maximum absolute atomic E-state index is 12.1. The molecule has 1 aromatic carbocycles. The van der Waals surface area contributed by atoms with Crippen LogP contribution in [0.4, 0.5) is 5.69 Å². The summed E-state index contributed by atoms with van der Waals surface area (Å²) in [5, 5.41) is 12.6. The van der Waals surface area contributed by atoms with Crippen LogP contribution in [0.5, 0.6) is 0 Å². The number of amides is 1. The Hall–Kier alpha value is 0.760. The Balaban J connectivity index is 2.58. The molecule has 0 aliphatic heterocycles. The Bertz CT molecular complexity index is 477. The molecule has 0 spiro atoms. The number of halogens is 3. The molecule has 0 aromatic heterocycles. The summed E-state index contributed by atoms with van der Waals surface area (Å²) in [5.41, 5.74) is 0.840. The van der Waals surface area contributed by atoms with E-state index in [2.05, 4.69) is 73.1 Å². The molecule has 0 bridgehead atoms. The molecular weight excluding hydrogens is 613 g/mol. The van der Waals surface area contributed by atoms with Gasteiger partial charge in [-0.15, -0.1) is 0 Å². The van der Waals surface area contributed by atoms with Crippen molar-refractivity contribution in [1.29, 1.82) is 0 Å². The number of carbonyl (C=O) groups is 1. The lowest BCUT2D eigenvalue weighted by Crippen LogP contribution is -2.37. The van der Waals surface area contributed by atoms with Gasteiger partial charge in [0.15, 0.2) is 0 Å². The summed E-state index contributed by atoms with van der Waals surface area (Å²) in [6.07, 6.45) is -0.591. The van der Waals surface area contributed by atoms with Crippen molar-refractivity contribution in [2.45, 2.75) is 6.10 Å². The van der Waals surface area contributed by atoms with E-state index < -0.39 is 6.10 Å². The second-order valence-corrected chi connectivity index (χ2v) is 8.17. The van der Waals surface area contributed by atoms with Crippen molar-refractivity contribution in [3.63, 3.8) is 0 Å². The van der Waals surface area contributed by atoms with Crippen LogP contribution >= 0.6 is 67.8 Å². The van der Waals surface area contributed by atoms with E-state index in [0.29, 0.717) is 6.54 Å². The van der Waals surface area contributed by atoms with E-state index in [1.807, 2.05) is 12.1 Å². The lowest BCUT2D eigenvalue weighted by atomic mass is 10.3. The molecule has 1 rings (SSSR count). The van der Waals surface area contributed by atoms with Crippen molar-refractivity contribution in [2.24, 2.45) is 0 Å². The van der Waals surface area contributed by atoms with E-state index in [0.717, 1.165) is 16.4 Å². The van der Waals surface area contributed by atoms with Gasteiger partial charge in [0, 0.05) is 24.4 Å². The molecular formula is C13H17I3N2O3. The number of nitrogens with one attached hydrogen (secondary N) is 1. The van der Waals surface area contributed by atoms with Gasteiger partial charge in [0.05, 0.1) is 24.9 Å². The number of hydrogen-bond acceptors (Lipinski definition) is 4. The summed E-state index contributed by atoms with van der Waals surface area (Å²) in [6, 6.07) is 4.04. The Kier molecular flexibility index (Phi) is 9.24. The van der Waals surface area contributed by atoms with Crippen molar-refractivity contribution in [3.05, 3.63) is 22.8 Å². The molecule has 1 amide bonds. The first-order chi connectivity index (χ1) is 9.83. The van der Waals surface area contributed by atoms with Crippen LogP contribution in [0.15, 0.2) is 12.1 Å². The lowest BCUT2D eigenvalue weighted by molar-refractivity contribution is -0.117. The predicted molar refractivity (Wildman–Crippen MR) is 109 cm³/mol. The minimum absolute atomic E-state index is 0.0980. The number of methoxy groups -OCH3 is 1. The normalized spacial score (nSPS) is 12.5. The third-order valence-corrected chi connectivity index (χ3v) is 4.89. The molecule has 1 atom stereocenters. The Labute approximate surface area is 165 Å². The van der Waals surface area contributed by atoms with Crippen LogP contribution < -0.4 is 5.32 Å². The standard InChI is InChI=1S/C13H17I3N2O3/c1-18(5-9(19)7-21-2)6-12(20)17-13-10(15)3-8(14)4-11(13)16/h3-4,9,19H,5-7H2,1-2H3,(H,17,20). The number of carbonyl (C=O) groups excluding carboxylic acids is 1. The van der Waals surface area contributed by atoms with Crippen molar-refractivity contribution in [1.82, 2.24) is 4.90 Å². The summed E-state index contributed by atoms with van der Waals surface area (Å²) >= 11 is 6.68. The van der Waals surface area contributed by atoms with Crippen molar-refractivity contribution in [3.8, 4) is 0 Å². The number of rotatable bonds is 7. The highest BCUT2D eigenvalue weighted by atomic mass is 127. The second-order valence-electron chi connectivity index (χ2n) is 4.60. The summed E-state index contributed by atoms with van der Waals surface area (Å²) in [6.45, 7) is 0.875. The average Bonchev–Trinajstić information content (AvgIpc) is 2.33. The van der Waals surface area contributed by atoms with Crippen LogP contribution in [0.25, 0.3) is 0 Å². The lowest BCUT2D eigenvalue weighted by Gasteiger charge is -2.20. The highest BCUT2D eigenvalue weighted by Gasteiger charge is 2.14. The van der Waals surface area contributed by atoms with Crippen LogP contribution in [-0.4, -0.2) is 55.9 Å². The Morgan fingerprint density at radius 2 is 1.95 bits per heavy atom. The van der Waals surface area contributed by atoms with E-state index in [1.54, 1.807) is 11.9 Å². The molecule has 1 unspecified atom stereocenters. The number of aliphatic hydroxyl groups is 1. The van der Waals surface area contributed by atoms with E-state index in [1.165, 1.54) is 7.11 Å². The van der Waals surface area contributed by atoms with E-state index >= 15 is 0 Å². The summed E-state index contributed by atoms with van der Waals surface area (Å²) < 4.78 is 8.03. The second kappa shape index (κ2) is 9.80. The van der Waals surface area contributed by atoms with Gasteiger partial charge in [-0.3, -0.25) is 9.69 Å². The number of likely N-dealkylation sites (N-methyl/N-ethyl adjacent to an activating group) is 1. The van der Waals surface area contributed by atoms with E-state index in [4.69, 9.17) is 4.74 Å². The topological polar surface area (TPSA) is 61.8 Å². The molecule has 118 valence electrons. The number of hydrogen-bond donors (Lipinski definition) is 2. The highest BCUT2D eigenvalue weighted by Crippen LogP contribution is 2.27. The van der Waals surface area contributed by atoms with Crippen LogP contribution in [0.2, 0.25) is 0 Å². The van der Waals surface area contributed by atoms with Gasteiger partial charge in [-0.2, -0.15) is 0 Å². The SMILES string of the molecule is COCC(O)CN(C)CC(=O)Nc1c(I)cc(I)cc1I. The summed E-state index contributed by atoms with van der Waals surface area (Å²) in [5.74, 6) is -0.0980. The fraction of sp³-hybridized carbons (Fsp3) is 0.462. The zero-order valence-electron chi connectivity index (χ0n) is 11.7. The fourth-order valence-electron chi connectivity index (χ4n) is 1.76. The van der Waals surface area contributed by atoms with Gasteiger partial charge >= 0.3 is 0 Å². The molecule has 1 aromatic rings. The van der Waals surface area contributed by atoms with Crippen LogP contribution in [-0.2, 0) is 9.53 Å². The van der Waals surface area contributed by atoms with Gasteiger partial charge in [0.25, 0.3) is 0 Å². The monoisotopic (exact) mass is 630 g/mol. The Morgan fingerprint density at radius 1 is 1.38 bits per heavy atom. The molecule has 21 heavy (non-hydrogen) atoms. The van der Waals surface area contributed by atoms with Gasteiger partial charge in [-0.1, -0.05) is 0 Å². The molecule has 0 heterocycles. The maximum atomic E-state index is 12.1. The minimum atomic E-state index is -0.591. The first-order valence-electron chi connectivity index (χ1n) is 6.13. The third-order valence-electron chi connectivity index (χ3n) is 2.57. The van der Waals surface area contributed by atoms with Crippen LogP contribution in [0.3, 0.4) is 0 Å². The molecule has 5 nitrogen and oxygen atoms in total. The number of aliphatic hydroxyl groups excluding tert-OH is 1. The van der Waals surface area contributed by atoms with Gasteiger partial charge in [0.2, 0.25) is 5.91 Å². The molecule has 0 radical (unpaired) electrons. The predicted octanol–water partition coefficient (Wildman–Crippen LogP) is 2.38. The smallest absolute Gasteiger partial charge is 0.238 e. The summed E-state index contributed by atoms with van der Waals surface area (Å²) in [7, 11) is 3.33. The van der Waals surface area contributed by atoms with E-state index in [-0.39, 0.29) is 19.1 Å². The summed E-state index contributed by atoms with van der Waals surface area (Å²) in [4.78, 5) is 13.8. The number of anilines is 1. The number of ether oxygens (including phenoxy) is 1. The van der Waals surface area contributed by atoms with E-state index in [9.17, 15) is 9.90 Å². The van der Waals surface area contributed by atoms with Gasteiger partial charge in [0.1, 0.15) is 0 Å². The molecule has 0 saturated carbocycles. The van der Waals surface area contributed by atoms with Gasteiger partial charge in [-0.25, -0.2) is 0 Å². The first kappa shape index (κ1) is 19.8. The molecule has 0 aliphatic rings. The highest BCUT2D eigenvalue weighted by molar-refractivity contribution is 14.1. The molecule has 0 saturated heterocycles. The average molecular weight is 630 g/mol. The Morgan fingerprint density at radius 3 is 2.48 bits per heavy atom. The van der Waals surface area contributed by atoms with Crippen LogP contribution in [0, 0.1) is 10.7 Å². The van der Waals surface area contributed by atoms with Crippen molar-refractivity contribution >= 4 is 79.4 Å².